The molecule has 1 atom stereocenters. The second kappa shape index (κ2) is 9.09. The molecule has 4 heteroatoms. The van der Waals surface area contributed by atoms with Gasteiger partial charge in [-0.05, 0) is 5.92 Å². The fraction of sp³-hybridized carbons (Fsp3) is 1.00. The first kappa shape index (κ1) is 14.8. The Hall–Kier alpha value is -0.160. The van der Waals surface area contributed by atoms with Gasteiger partial charge in [-0.2, -0.15) is 0 Å². The van der Waals surface area contributed by atoms with Gasteiger partial charge in [0.05, 0.1) is 19.3 Å². The van der Waals surface area contributed by atoms with Crippen molar-refractivity contribution in [3.05, 3.63) is 0 Å². The summed E-state index contributed by atoms with van der Waals surface area (Å²) in [6.07, 6.45) is -0.411. The van der Waals surface area contributed by atoms with Crippen molar-refractivity contribution in [2.24, 2.45) is 5.92 Å². The topological polar surface area (TPSA) is 41.9 Å². The van der Waals surface area contributed by atoms with Gasteiger partial charge in [0.2, 0.25) is 0 Å². The predicted octanol–water partition coefficient (Wildman–Crippen LogP) is 0.598. The van der Waals surface area contributed by atoms with E-state index in [1.807, 2.05) is 0 Å². The van der Waals surface area contributed by atoms with Gasteiger partial charge in [-0.15, -0.1) is 0 Å². The molecular formula is C11H25NO3. The molecule has 1 unspecified atom stereocenters. The molecule has 0 aliphatic carbocycles. The Bertz CT molecular complexity index is 142. The molecule has 4 nitrogen and oxygen atoms in total. The summed E-state index contributed by atoms with van der Waals surface area (Å²) < 4.78 is 9.95. The molecule has 92 valence electrons. The first-order chi connectivity index (χ1) is 7.10. The van der Waals surface area contributed by atoms with Crippen molar-refractivity contribution in [2.75, 3.05) is 47.1 Å². The second-order valence-corrected chi connectivity index (χ2v) is 4.26. The molecule has 0 aromatic rings. The molecule has 0 amide bonds. The largest absolute Gasteiger partial charge is 0.389 e. The van der Waals surface area contributed by atoms with Crippen molar-refractivity contribution < 1.29 is 14.6 Å². The third kappa shape index (κ3) is 8.81. The van der Waals surface area contributed by atoms with Crippen LogP contribution >= 0.6 is 0 Å². The highest BCUT2D eigenvalue weighted by Crippen LogP contribution is 2.00. The Labute approximate surface area is 93.2 Å². The lowest BCUT2D eigenvalue weighted by Crippen LogP contribution is -2.38. The average molecular weight is 219 g/mol. The van der Waals surface area contributed by atoms with E-state index in [0.717, 1.165) is 13.1 Å². The first-order valence-electron chi connectivity index (χ1n) is 5.48. The molecule has 0 aliphatic rings. The highest BCUT2D eigenvalue weighted by molar-refractivity contribution is 4.65. The Kier molecular flexibility index (Phi) is 9.00. The quantitative estimate of drug-likeness (QED) is 0.616. The van der Waals surface area contributed by atoms with Gasteiger partial charge in [0, 0.05) is 33.9 Å². The van der Waals surface area contributed by atoms with Gasteiger partial charge in [-0.3, -0.25) is 4.90 Å². The molecule has 0 spiro atoms. The number of rotatable bonds is 9. The molecule has 0 aromatic heterocycles. The van der Waals surface area contributed by atoms with Crippen LogP contribution in [0.25, 0.3) is 0 Å². The second-order valence-electron chi connectivity index (χ2n) is 4.26. The van der Waals surface area contributed by atoms with E-state index < -0.39 is 6.10 Å². The van der Waals surface area contributed by atoms with E-state index in [4.69, 9.17) is 9.47 Å². The molecule has 0 heterocycles. The summed E-state index contributed by atoms with van der Waals surface area (Å²) in [5.41, 5.74) is 0. The van der Waals surface area contributed by atoms with Gasteiger partial charge in [0.25, 0.3) is 0 Å². The van der Waals surface area contributed by atoms with Gasteiger partial charge in [-0.1, -0.05) is 13.8 Å². The minimum atomic E-state index is -0.411. The number of aliphatic hydroxyl groups excluding tert-OH is 1. The zero-order chi connectivity index (χ0) is 11.7. The third-order valence-corrected chi connectivity index (χ3v) is 2.06. The SMILES string of the molecule is COCCN(CC(C)C)CC(O)COC. The fourth-order valence-electron chi connectivity index (χ4n) is 1.54. The smallest absolute Gasteiger partial charge is 0.0900 e. The number of hydrogen-bond donors (Lipinski definition) is 1. The molecule has 0 radical (unpaired) electrons. The van der Waals surface area contributed by atoms with Gasteiger partial charge >= 0.3 is 0 Å². The summed E-state index contributed by atoms with van der Waals surface area (Å²) in [6.45, 7) is 7.91. The molecular weight excluding hydrogens is 194 g/mol. The van der Waals surface area contributed by atoms with Gasteiger partial charge < -0.3 is 14.6 Å². The molecule has 0 fully saturated rings. The van der Waals surface area contributed by atoms with Crippen molar-refractivity contribution in [3.63, 3.8) is 0 Å². The maximum Gasteiger partial charge on any atom is 0.0900 e. The van der Waals surface area contributed by atoms with E-state index in [9.17, 15) is 5.11 Å². The van der Waals surface area contributed by atoms with Gasteiger partial charge in [0.15, 0.2) is 0 Å². The normalized spacial score (nSPS) is 13.8. The van der Waals surface area contributed by atoms with Crippen LogP contribution in [0.4, 0.5) is 0 Å². The van der Waals surface area contributed by atoms with Crippen molar-refractivity contribution in [2.45, 2.75) is 20.0 Å². The zero-order valence-electron chi connectivity index (χ0n) is 10.4. The van der Waals surface area contributed by atoms with Crippen molar-refractivity contribution >= 4 is 0 Å². The van der Waals surface area contributed by atoms with Crippen LogP contribution in [0.2, 0.25) is 0 Å². The van der Waals surface area contributed by atoms with Crippen molar-refractivity contribution in [1.29, 1.82) is 0 Å². The Balaban J connectivity index is 3.87. The van der Waals surface area contributed by atoms with Crippen molar-refractivity contribution in [1.82, 2.24) is 4.90 Å². The predicted molar refractivity (Wildman–Crippen MR) is 61.0 cm³/mol. The van der Waals surface area contributed by atoms with Crippen LogP contribution in [0, 0.1) is 5.92 Å². The van der Waals surface area contributed by atoms with Crippen LogP contribution in [0.3, 0.4) is 0 Å². The monoisotopic (exact) mass is 219 g/mol. The van der Waals surface area contributed by atoms with E-state index in [0.29, 0.717) is 25.7 Å². The van der Waals surface area contributed by atoms with Gasteiger partial charge in [-0.25, -0.2) is 0 Å². The highest BCUT2D eigenvalue weighted by atomic mass is 16.5. The van der Waals surface area contributed by atoms with Crippen LogP contribution in [-0.4, -0.2) is 63.2 Å². The standard InChI is InChI=1S/C11H25NO3/c1-10(2)7-12(5-6-14-3)8-11(13)9-15-4/h10-11,13H,5-9H2,1-4H3. The molecule has 0 aliphatic heterocycles. The molecule has 0 bridgehead atoms. The molecule has 0 saturated heterocycles. The van der Waals surface area contributed by atoms with E-state index in [1.54, 1.807) is 14.2 Å². The number of ether oxygens (including phenoxy) is 2. The molecule has 0 aromatic carbocycles. The third-order valence-electron chi connectivity index (χ3n) is 2.06. The molecule has 0 rings (SSSR count). The fourth-order valence-corrected chi connectivity index (χ4v) is 1.54. The average Bonchev–Trinajstić information content (AvgIpc) is 2.13. The van der Waals surface area contributed by atoms with Crippen LogP contribution in [0.1, 0.15) is 13.8 Å². The van der Waals surface area contributed by atoms with E-state index >= 15 is 0 Å². The number of hydrogen-bond acceptors (Lipinski definition) is 4. The van der Waals surface area contributed by atoms with Crippen molar-refractivity contribution in [3.8, 4) is 0 Å². The summed E-state index contributed by atoms with van der Waals surface area (Å²) in [5.74, 6) is 0.594. The maximum absolute atomic E-state index is 9.62. The number of nitrogens with zero attached hydrogens (tertiary/aromatic N) is 1. The Morgan fingerprint density at radius 3 is 2.27 bits per heavy atom. The lowest BCUT2D eigenvalue weighted by molar-refractivity contribution is 0.0286. The summed E-state index contributed by atoms with van der Waals surface area (Å²) >= 11 is 0. The summed E-state index contributed by atoms with van der Waals surface area (Å²) in [4.78, 5) is 2.21. The maximum atomic E-state index is 9.62. The Morgan fingerprint density at radius 2 is 1.80 bits per heavy atom. The van der Waals surface area contributed by atoms with E-state index in [2.05, 4.69) is 18.7 Å². The van der Waals surface area contributed by atoms with Crippen LogP contribution in [0.5, 0.6) is 0 Å². The Morgan fingerprint density at radius 1 is 1.13 bits per heavy atom. The van der Waals surface area contributed by atoms with Gasteiger partial charge in [0.1, 0.15) is 0 Å². The number of aliphatic hydroxyl groups is 1. The summed E-state index contributed by atoms with van der Waals surface area (Å²) in [5, 5.41) is 9.62. The first-order valence-corrected chi connectivity index (χ1v) is 5.48. The molecule has 0 saturated carbocycles. The molecule has 15 heavy (non-hydrogen) atoms. The summed E-state index contributed by atoms with van der Waals surface area (Å²) in [6, 6.07) is 0. The minimum Gasteiger partial charge on any atom is -0.389 e. The van der Waals surface area contributed by atoms with Crippen LogP contribution < -0.4 is 0 Å². The summed E-state index contributed by atoms with van der Waals surface area (Å²) in [7, 11) is 3.30. The van der Waals surface area contributed by atoms with E-state index in [-0.39, 0.29) is 0 Å². The zero-order valence-corrected chi connectivity index (χ0v) is 10.4. The van der Waals surface area contributed by atoms with Crippen LogP contribution in [0.15, 0.2) is 0 Å². The van der Waals surface area contributed by atoms with Crippen LogP contribution in [-0.2, 0) is 9.47 Å². The lowest BCUT2D eigenvalue weighted by Gasteiger charge is -2.26. The highest BCUT2D eigenvalue weighted by Gasteiger charge is 2.12. The number of methoxy groups -OCH3 is 2. The van der Waals surface area contributed by atoms with E-state index in [1.165, 1.54) is 0 Å². The molecule has 1 N–H and O–H groups in total. The lowest BCUT2D eigenvalue weighted by atomic mass is 10.2. The minimum absolute atomic E-state index is 0.390.